The fourth-order valence-electron chi connectivity index (χ4n) is 0. The van der Waals surface area contributed by atoms with Gasteiger partial charge in [-0.2, -0.15) is 25.3 Å². The minimum absolute atomic E-state index is 0. The predicted molar refractivity (Wildman–Crippen MR) is 29.9 cm³/mol. The molecule has 0 aromatic heterocycles. The molecular weight excluding hydrogens is 102 g/mol. The van der Waals surface area contributed by atoms with Crippen LogP contribution in [0.3, 0.4) is 0 Å². The number of hydrogen-bond donors (Lipinski definition) is 2. The molecule has 0 aromatic rings. The Morgan fingerprint density at radius 1 is 1.00 bits per heavy atom. The summed E-state index contributed by atoms with van der Waals surface area (Å²) in [6.45, 7) is 0. The molecular formula is C2H8Li2S2. The smallest absolute Gasteiger partial charge is 1.00 e. The van der Waals surface area contributed by atoms with E-state index in [2.05, 4.69) is 25.3 Å². The quantitative estimate of drug-likeness (QED) is 0.245. The first kappa shape index (κ1) is 15.7. The zero-order valence-corrected chi connectivity index (χ0v) is 6.10. The van der Waals surface area contributed by atoms with Gasteiger partial charge >= 0.3 is 37.7 Å². The molecule has 0 heterocycles. The third-order valence-electron chi connectivity index (χ3n) is 0.1000. The summed E-state index contributed by atoms with van der Waals surface area (Å²) in [5.41, 5.74) is 0. The second-order valence-electron chi connectivity index (χ2n) is 0.447. The van der Waals surface area contributed by atoms with Crippen LogP contribution in [0.4, 0.5) is 0 Å². The van der Waals surface area contributed by atoms with Crippen molar-refractivity contribution in [3.63, 3.8) is 0 Å². The normalized spacial score (nSPS) is 5.00. The molecule has 0 aliphatic carbocycles. The Morgan fingerprint density at radius 3 is 1.17 bits per heavy atom. The molecule has 6 heavy (non-hydrogen) atoms. The SMILES string of the molecule is SCCS.[H-].[H-].[Li+].[Li+]. The maximum Gasteiger partial charge on any atom is 1.00 e. The van der Waals surface area contributed by atoms with Crippen LogP contribution in [0.2, 0.25) is 0 Å². The molecule has 0 rings (SSSR count). The second kappa shape index (κ2) is 15.8. The Hall–Kier alpha value is 1.89. The van der Waals surface area contributed by atoms with E-state index >= 15 is 0 Å². The van der Waals surface area contributed by atoms with E-state index < -0.39 is 0 Å². The molecule has 0 aliphatic rings. The fraction of sp³-hybridized carbons (Fsp3) is 1.00. The van der Waals surface area contributed by atoms with Gasteiger partial charge in [0.2, 0.25) is 0 Å². The van der Waals surface area contributed by atoms with Crippen molar-refractivity contribution < 1.29 is 40.6 Å². The molecule has 30 valence electrons. The molecule has 0 nitrogen and oxygen atoms in total. The van der Waals surface area contributed by atoms with Crippen molar-refractivity contribution in [1.29, 1.82) is 0 Å². The molecule has 0 saturated heterocycles. The summed E-state index contributed by atoms with van der Waals surface area (Å²) in [5.74, 6) is 1.76. The van der Waals surface area contributed by atoms with Crippen molar-refractivity contribution in [2.75, 3.05) is 11.5 Å². The van der Waals surface area contributed by atoms with Crippen molar-refractivity contribution in [2.45, 2.75) is 0 Å². The molecule has 0 fully saturated rings. The predicted octanol–water partition coefficient (Wildman–Crippen LogP) is -4.92. The summed E-state index contributed by atoms with van der Waals surface area (Å²) >= 11 is 7.69. The van der Waals surface area contributed by atoms with E-state index in [-0.39, 0.29) is 40.6 Å². The van der Waals surface area contributed by atoms with E-state index in [4.69, 9.17) is 0 Å². The summed E-state index contributed by atoms with van der Waals surface area (Å²) in [6.07, 6.45) is 0. The van der Waals surface area contributed by atoms with Gasteiger partial charge in [0.25, 0.3) is 0 Å². The fourth-order valence-corrected chi connectivity index (χ4v) is 0. The molecule has 0 aliphatic heterocycles. The van der Waals surface area contributed by atoms with Crippen LogP contribution in [0.25, 0.3) is 0 Å². The van der Waals surface area contributed by atoms with Crippen molar-refractivity contribution in [3.05, 3.63) is 0 Å². The molecule has 0 radical (unpaired) electrons. The van der Waals surface area contributed by atoms with Crippen molar-refractivity contribution in [2.24, 2.45) is 0 Å². The van der Waals surface area contributed by atoms with Gasteiger partial charge in [0.05, 0.1) is 0 Å². The van der Waals surface area contributed by atoms with Crippen molar-refractivity contribution in [3.8, 4) is 0 Å². The van der Waals surface area contributed by atoms with Gasteiger partial charge in [0.15, 0.2) is 0 Å². The van der Waals surface area contributed by atoms with E-state index in [0.717, 1.165) is 11.5 Å². The van der Waals surface area contributed by atoms with Crippen LogP contribution < -0.4 is 37.7 Å². The average Bonchev–Trinajstić information content (AvgIpc) is 1.37. The van der Waals surface area contributed by atoms with Gasteiger partial charge in [0, 0.05) is 0 Å². The molecule has 4 heteroatoms. The van der Waals surface area contributed by atoms with Gasteiger partial charge < -0.3 is 2.85 Å². The number of rotatable bonds is 1. The Bertz CT molecular complexity index is 18.0. The van der Waals surface area contributed by atoms with E-state index in [1.54, 1.807) is 0 Å². The van der Waals surface area contributed by atoms with E-state index in [9.17, 15) is 0 Å². The van der Waals surface area contributed by atoms with Gasteiger partial charge in [-0.1, -0.05) is 0 Å². The second-order valence-corrected chi connectivity index (χ2v) is 1.34. The van der Waals surface area contributed by atoms with Gasteiger partial charge in [-0.05, 0) is 11.5 Å². The Morgan fingerprint density at radius 2 is 1.17 bits per heavy atom. The van der Waals surface area contributed by atoms with Gasteiger partial charge in [-0.15, -0.1) is 0 Å². The van der Waals surface area contributed by atoms with Crippen molar-refractivity contribution in [1.82, 2.24) is 0 Å². The molecule has 0 spiro atoms. The third-order valence-corrected chi connectivity index (χ3v) is 0.900. The van der Waals surface area contributed by atoms with Crippen LogP contribution in [0.1, 0.15) is 2.85 Å². The zero-order valence-electron chi connectivity index (χ0n) is 6.31. The summed E-state index contributed by atoms with van der Waals surface area (Å²) in [4.78, 5) is 0. The molecule has 0 amide bonds. The van der Waals surface area contributed by atoms with Crippen LogP contribution in [0.15, 0.2) is 0 Å². The molecule has 0 aromatic carbocycles. The molecule has 0 bridgehead atoms. The van der Waals surface area contributed by atoms with Crippen molar-refractivity contribution >= 4 is 25.3 Å². The zero-order chi connectivity index (χ0) is 3.41. The summed E-state index contributed by atoms with van der Waals surface area (Å²) in [6, 6.07) is 0. The first-order valence-corrected chi connectivity index (χ1v) is 2.40. The van der Waals surface area contributed by atoms with Crippen LogP contribution in [0.5, 0.6) is 0 Å². The third kappa shape index (κ3) is 16.9. The van der Waals surface area contributed by atoms with Gasteiger partial charge in [0.1, 0.15) is 0 Å². The number of thiol groups is 2. The minimum Gasteiger partial charge on any atom is -1.00 e. The van der Waals surface area contributed by atoms with Crippen LogP contribution in [0, 0.1) is 0 Å². The average molecular weight is 110 g/mol. The molecule has 0 atom stereocenters. The van der Waals surface area contributed by atoms with E-state index in [1.807, 2.05) is 0 Å². The summed E-state index contributed by atoms with van der Waals surface area (Å²) in [7, 11) is 0. The summed E-state index contributed by atoms with van der Waals surface area (Å²) < 4.78 is 0. The van der Waals surface area contributed by atoms with Crippen LogP contribution >= 0.6 is 25.3 Å². The summed E-state index contributed by atoms with van der Waals surface area (Å²) in [5, 5.41) is 0. The molecule has 0 saturated carbocycles. The standard InChI is InChI=1S/C2H6S2.2Li.2H/c3-1-2-4;;;;/h3-4H,1-2H2;;;;/q;2*+1;2*-1. The van der Waals surface area contributed by atoms with Gasteiger partial charge in [-0.3, -0.25) is 0 Å². The molecule has 0 unspecified atom stereocenters. The van der Waals surface area contributed by atoms with E-state index in [1.165, 1.54) is 0 Å². The minimum atomic E-state index is 0. The van der Waals surface area contributed by atoms with Crippen LogP contribution in [-0.4, -0.2) is 11.5 Å². The van der Waals surface area contributed by atoms with Crippen LogP contribution in [-0.2, 0) is 0 Å². The Kier molecular flexibility index (Phi) is 41.2. The molecule has 0 N–H and O–H groups in total. The maximum absolute atomic E-state index is 3.84. The Balaban J connectivity index is -0.00000000750. The number of hydrogen-bond acceptors (Lipinski definition) is 2. The first-order chi connectivity index (χ1) is 1.91. The topological polar surface area (TPSA) is 0 Å². The monoisotopic (exact) mass is 110 g/mol. The Labute approximate surface area is 77.0 Å². The van der Waals surface area contributed by atoms with E-state index in [0.29, 0.717) is 0 Å². The largest absolute Gasteiger partial charge is 1.00 e. The first-order valence-electron chi connectivity index (χ1n) is 1.13. The van der Waals surface area contributed by atoms with Gasteiger partial charge in [-0.25, -0.2) is 0 Å². The maximum atomic E-state index is 3.84.